The van der Waals surface area contributed by atoms with Crippen molar-refractivity contribution >= 4 is 88.6 Å². The van der Waals surface area contributed by atoms with Gasteiger partial charge in [0.05, 0.1) is 25.7 Å². The van der Waals surface area contributed by atoms with Crippen LogP contribution in [0.3, 0.4) is 0 Å². The van der Waals surface area contributed by atoms with Gasteiger partial charge in [0.25, 0.3) is 0 Å². The third-order valence-corrected chi connectivity index (χ3v) is 15.1. The van der Waals surface area contributed by atoms with Crippen molar-refractivity contribution < 1.29 is 77.6 Å². The van der Waals surface area contributed by atoms with Crippen LogP contribution < -0.4 is 70.0 Å². The third kappa shape index (κ3) is 28.2. The number of hydrogen-bond acceptors (Lipinski definition) is 17. The van der Waals surface area contributed by atoms with Gasteiger partial charge in [-0.05, 0) is 79.3 Å². The fourth-order valence-corrected chi connectivity index (χ4v) is 9.46. The number of carbonyl (C=O) groups is 13. The largest absolute Gasteiger partial charge is 0.480 e. The lowest BCUT2D eigenvalue weighted by Gasteiger charge is -2.31. The maximum atomic E-state index is 14.3. The normalized spacial score (nSPS) is 15.8. The number of hydrogen-bond donors (Lipinski definition) is 16. The Morgan fingerprint density at radius 2 is 0.844 bits per heavy atom. The van der Waals surface area contributed by atoms with Gasteiger partial charge >= 0.3 is 5.97 Å². The third-order valence-electron chi connectivity index (χ3n) is 14.5. The zero-order valence-electron chi connectivity index (χ0n) is 54.4. The van der Waals surface area contributed by atoms with Crippen LogP contribution in [-0.4, -0.2) is 190 Å². The summed E-state index contributed by atoms with van der Waals surface area (Å²) in [5.74, 6) is -14.3. The van der Waals surface area contributed by atoms with Gasteiger partial charge < -0.3 is 85.3 Å². The van der Waals surface area contributed by atoms with Crippen molar-refractivity contribution in [3.63, 3.8) is 0 Å². The van der Waals surface area contributed by atoms with Gasteiger partial charge in [-0.2, -0.15) is 11.8 Å². The second-order valence-electron chi connectivity index (χ2n) is 24.4. The minimum atomic E-state index is -1.73. The summed E-state index contributed by atoms with van der Waals surface area (Å²) in [4.78, 5) is 176. The minimum Gasteiger partial charge on any atom is -0.480 e. The van der Waals surface area contributed by atoms with Crippen molar-refractivity contribution in [2.24, 2.45) is 47.0 Å². The average molecular weight is 1290 g/mol. The van der Waals surface area contributed by atoms with E-state index in [9.17, 15) is 77.6 Å². The first-order chi connectivity index (χ1) is 42.0. The molecule has 0 bridgehead atoms. The molecule has 0 fully saturated rings. The first kappa shape index (κ1) is 80.6. The highest BCUT2D eigenvalue weighted by Crippen LogP contribution is 2.15. The van der Waals surface area contributed by atoms with E-state index in [2.05, 4.69) is 58.5 Å². The molecule has 0 aliphatic carbocycles. The quantitative estimate of drug-likeness (QED) is 0.0328. The second kappa shape index (κ2) is 40.3. The Hall–Kier alpha value is -7.44. The number of nitrogens with one attached hydrogen (secondary N) is 11. The molecule has 0 aromatic heterocycles. The molecule has 30 heteroatoms. The zero-order chi connectivity index (χ0) is 68.9. The van der Waals surface area contributed by atoms with Gasteiger partial charge in [-0.15, -0.1) is 0 Å². The molecule has 0 aliphatic rings. The summed E-state index contributed by atoms with van der Waals surface area (Å²) in [6.07, 6.45) is 1.39. The molecule has 1 rings (SSSR count). The lowest BCUT2D eigenvalue weighted by Crippen LogP contribution is -2.63. The molecule has 0 heterocycles. The van der Waals surface area contributed by atoms with Crippen LogP contribution in [0.15, 0.2) is 30.3 Å². The number of benzene rings is 1. The van der Waals surface area contributed by atoms with Crippen molar-refractivity contribution in [2.75, 3.05) is 25.2 Å². The Labute approximate surface area is 531 Å². The van der Waals surface area contributed by atoms with Crippen molar-refractivity contribution in [1.29, 1.82) is 0 Å². The van der Waals surface area contributed by atoms with Crippen molar-refractivity contribution in [2.45, 2.75) is 201 Å². The molecule has 90 heavy (non-hydrogen) atoms. The number of thioether (sulfide) groups is 1. The van der Waals surface area contributed by atoms with Gasteiger partial charge in [-0.1, -0.05) is 120 Å². The highest BCUT2D eigenvalue weighted by atomic mass is 32.2. The Morgan fingerprint density at radius 1 is 0.456 bits per heavy atom. The highest BCUT2D eigenvalue weighted by molar-refractivity contribution is 7.98. The smallest absolute Gasteiger partial charge is 0.326 e. The number of nitrogens with two attached hydrogens (primary N) is 2. The Balaban J connectivity index is 3.46. The van der Waals surface area contributed by atoms with E-state index in [4.69, 9.17) is 11.5 Å². The summed E-state index contributed by atoms with van der Waals surface area (Å²) in [6, 6.07) is -8.35. The molecular formula is C60H101N13O16S. The minimum absolute atomic E-state index is 0.0538. The summed E-state index contributed by atoms with van der Waals surface area (Å²) in [7, 11) is 0. The number of aliphatic hydroxyl groups is 2. The van der Waals surface area contributed by atoms with Crippen molar-refractivity contribution in [1.82, 2.24) is 58.5 Å². The molecule has 0 saturated carbocycles. The summed E-state index contributed by atoms with van der Waals surface area (Å²) in [5.41, 5.74) is 12.0. The topological polar surface area (TPSA) is 467 Å². The molecule has 0 aliphatic heterocycles. The SMILES string of the molecule is CC[C@H](C)[C@H](NC(=O)[C@@H](NC(=O)[C@H](CC(C)C)NC(=O)[C@@H](NC(=O)[C@H](CO)NC(=O)[C@@H](N)CC(C)C)C(C)C)C(C)C)C(=O)N[C@@H](CO)C(=O)N[C@@H](CCSC)C(=O)N[C@@H](Cc1ccccc1)C(=O)N[C@@H](CC(N)=O)C(=O)N[C@@H](C)C(=O)N[C@H](C(=O)O)C(C)C. The van der Waals surface area contributed by atoms with Crippen LogP contribution in [0.1, 0.15) is 128 Å². The van der Waals surface area contributed by atoms with Gasteiger partial charge in [0, 0.05) is 6.42 Å². The molecule has 29 nitrogen and oxygen atoms in total. The monoisotopic (exact) mass is 1290 g/mol. The molecule has 0 unspecified atom stereocenters. The number of rotatable bonds is 41. The van der Waals surface area contributed by atoms with E-state index < -0.39 is 193 Å². The Bertz CT molecular complexity index is 2580. The van der Waals surface area contributed by atoms with Crippen LogP contribution in [0.25, 0.3) is 0 Å². The number of carboxylic acid groups (broad SMARTS) is 1. The average Bonchev–Trinajstić information content (AvgIpc) is 1.10. The Morgan fingerprint density at radius 3 is 1.31 bits per heavy atom. The standard InChI is InChI=1S/C60H101N13O16S/c1-15-34(12)48(73-58(86)46(32(8)9)70-54(82)39(24-30(4)5)67-57(85)45(31(6)7)71-56(84)43(28-75)68-50(78)37(61)23-29(2)3)59(87)69-42(27-74)55(83)64-38(21-22-90-14)51(79)65-40(25-36-19-17-16-18-20-36)53(81)66-41(26-44(62)76)52(80)63-35(13)49(77)72-47(33(10)11)60(88)89/h16-20,29-35,37-43,45-48,74-75H,15,21-28,61H2,1-14H3,(H2,62,76)(H,63,80)(H,64,83)(H,65,79)(H,66,81)(H,67,85)(H,68,78)(H,69,87)(H,70,82)(H,71,84)(H,72,77)(H,73,86)(H,88,89)/t34-,35-,37-,38-,39-,40-,41-,42-,43-,45-,46-,47-,48-/m0/s1. The van der Waals surface area contributed by atoms with E-state index in [-0.39, 0.29) is 36.9 Å². The maximum absolute atomic E-state index is 14.3. The van der Waals surface area contributed by atoms with E-state index in [0.717, 1.165) is 0 Å². The zero-order valence-corrected chi connectivity index (χ0v) is 55.2. The summed E-state index contributed by atoms with van der Waals surface area (Å²) in [5, 5.41) is 57.8. The number of amides is 12. The molecular weight excluding hydrogens is 1190 g/mol. The molecule has 508 valence electrons. The summed E-state index contributed by atoms with van der Waals surface area (Å²) >= 11 is 1.30. The van der Waals surface area contributed by atoms with E-state index in [0.29, 0.717) is 18.4 Å². The number of aliphatic hydroxyl groups excluding tert-OH is 2. The van der Waals surface area contributed by atoms with E-state index in [1.807, 2.05) is 13.8 Å². The summed E-state index contributed by atoms with van der Waals surface area (Å²) in [6.45, 7) is 19.8. The van der Waals surface area contributed by atoms with Crippen molar-refractivity contribution in [3.05, 3.63) is 35.9 Å². The van der Waals surface area contributed by atoms with Crippen LogP contribution in [0.4, 0.5) is 0 Å². The van der Waals surface area contributed by atoms with Crippen LogP contribution in [0.2, 0.25) is 0 Å². The molecule has 13 atom stereocenters. The van der Waals surface area contributed by atoms with Crippen LogP contribution in [0, 0.1) is 35.5 Å². The van der Waals surface area contributed by atoms with E-state index >= 15 is 0 Å². The lowest BCUT2D eigenvalue weighted by molar-refractivity contribution is -0.143. The number of carboxylic acids is 1. The highest BCUT2D eigenvalue weighted by Gasteiger charge is 2.39. The molecule has 12 amide bonds. The summed E-state index contributed by atoms with van der Waals surface area (Å²) < 4.78 is 0. The van der Waals surface area contributed by atoms with Gasteiger partial charge in [0.1, 0.15) is 66.5 Å². The molecule has 0 radical (unpaired) electrons. The van der Waals surface area contributed by atoms with Crippen LogP contribution in [-0.2, 0) is 68.7 Å². The van der Waals surface area contributed by atoms with Gasteiger partial charge in [-0.25, -0.2) is 4.79 Å². The number of primary amides is 1. The molecule has 0 spiro atoms. The first-order valence-corrected chi connectivity index (χ1v) is 31.8. The van der Waals surface area contributed by atoms with Gasteiger partial charge in [0.15, 0.2) is 0 Å². The maximum Gasteiger partial charge on any atom is 0.326 e. The Kier molecular flexibility index (Phi) is 36.1. The van der Waals surface area contributed by atoms with Gasteiger partial charge in [-0.3, -0.25) is 57.5 Å². The lowest BCUT2D eigenvalue weighted by atomic mass is 9.95. The van der Waals surface area contributed by atoms with E-state index in [1.54, 1.807) is 106 Å². The number of carbonyl (C=O) groups excluding carboxylic acids is 12. The predicted molar refractivity (Wildman–Crippen MR) is 337 cm³/mol. The molecule has 18 N–H and O–H groups in total. The fraction of sp³-hybridized carbons (Fsp3) is 0.683. The van der Waals surface area contributed by atoms with E-state index in [1.165, 1.54) is 18.7 Å². The molecule has 0 saturated heterocycles. The van der Waals surface area contributed by atoms with Crippen LogP contribution >= 0.6 is 11.8 Å². The molecule has 1 aromatic carbocycles. The number of aliphatic carboxylic acids is 1. The fourth-order valence-electron chi connectivity index (χ4n) is 8.99. The second-order valence-corrected chi connectivity index (χ2v) is 25.4. The predicted octanol–water partition coefficient (Wildman–Crippen LogP) is -2.29. The first-order valence-electron chi connectivity index (χ1n) is 30.4. The van der Waals surface area contributed by atoms with Crippen LogP contribution in [0.5, 0.6) is 0 Å². The molecule has 1 aromatic rings. The van der Waals surface area contributed by atoms with Gasteiger partial charge in [0.2, 0.25) is 70.9 Å². The van der Waals surface area contributed by atoms with Crippen molar-refractivity contribution in [3.8, 4) is 0 Å².